The molecule has 25 heavy (non-hydrogen) atoms. The zero-order valence-corrected chi connectivity index (χ0v) is 15.7. The van der Waals surface area contributed by atoms with Gasteiger partial charge in [-0.15, -0.1) is 0 Å². The van der Waals surface area contributed by atoms with E-state index in [1.165, 1.54) is 43.9 Å². The molecule has 1 aliphatic carbocycles. The van der Waals surface area contributed by atoms with Crippen LogP contribution >= 0.6 is 11.8 Å². The second-order valence-corrected chi connectivity index (χ2v) is 7.69. The van der Waals surface area contributed by atoms with E-state index in [0.29, 0.717) is 11.8 Å². The molecular weight excluding hydrogens is 330 g/mol. The first-order chi connectivity index (χ1) is 12.2. The molecule has 0 unspecified atom stereocenters. The second-order valence-electron chi connectivity index (χ2n) is 6.75. The Labute approximate surface area is 154 Å². The van der Waals surface area contributed by atoms with E-state index in [9.17, 15) is 4.79 Å². The highest BCUT2D eigenvalue weighted by molar-refractivity contribution is 7.99. The normalized spacial score (nSPS) is 16.2. The van der Waals surface area contributed by atoms with Crippen molar-refractivity contribution in [2.75, 3.05) is 5.75 Å². The van der Waals surface area contributed by atoms with Crippen molar-refractivity contribution in [3.8, 4) is 11.3 Å². The number of rotatable bonds is 5. The lowest BCUT2D eigenvalue weighted by Gasteiger charge is -2.20. The Morgan fingerprint density at radius 1 is 1.16 bits per heavy atom. The van der Waals surface area contributed by atoms with E-state index in [2.05, 4.69) is 27.0 Å². The lowest BCUT2D eigenvalue weighted by Crippen LogP contribution is -2.36. The molecule has 0 spiro atoms. The number of hydrogen-bond acceptors (Lipinski definition) is 3. The molecule has 1 aromatic heterocycles. The van der Waals surface area contributed by atoms with Gasteiger partial charge in [-0.3, -0.25) is 4.79 Å². The van der Waals surface area contributed by atoms with Gasteiger partial charge in [-0.25, -0.2) is 4.98 Å². The molecule has 134 valence electrons. The van der Waals surface area contributed by atoms with Crippen molar-refractivity contribution in [1.82, 2.24) is 14.9 Å². The summed E-state index contributed by atoms with van der Waals surface area (Å²) in [7, 11) is 2.00. The summed E-state index contributed by atoms with van der Waals surface area (Å²) in [6.07, 6.45) is 10.5. The van der Waals surface area contributed by atoms with Crippen molar-refractivity contribution in [2.45, 2.75) is 56.1 Å². The van der Waals surface area contributed by atoms with Gasteiger partial charge in [0, 0.05) is 13.1 Å². The van der Waals surface area contributed by atoms with Gasteiger partial charge in [0.25, 0.3) is 0 Å². The zero-order chi connectivity index (χ0) is 17.5. The zero-order valence-electron chi connectivity index (χ0n) is 14.9. The number of nitrogens with zero attached hydrogens (tertiary/aromatic N) is 2. The molecule has 0 atom stereocenters. The third-order valence-corrected chi connectivity index (χ3v) is 5.86. The van der Waals surface area contributed by atoms with Crippen LogP contribution in [0.5, 0.6) is 0 Å². The van der Waals surface area contributed by atoms with Gasteiger partial charge in [0.15, 0.2) is 5.16 Å². The van der Waals surface area contributed by atoms with Crippen molar-refractivity contribution >= 4 is 17.7 Å². The highest BCUT2D eigenvalue weighted by Crippen LogP contribution is 2.24. The molecule has 2 aromatic rings. The molecular formula is C20H27N3OS. The number of aromatic nitrogens is 2. The lowest BCUT2D eigenvalue weighted by atomic mass is 9.97. The molecule has 3 rings (SSSR count). The Morgan fingerprint density at radius 3 is 2.56 bits per heavy atom. The Morgan fingerprint density at radius 2 is 1.84 bits per heavy atom. The SMILES string of the molecule is Cn1c(-c2ccccc2)cnc1SCC(=O)NC1CCCCCCC1. The van der Waals surface area contributed by atoms with Crippen LogP contribution < -0.4 is 5.32 Å². The Hall–Kier alpha value is -1.75. The summed E-state index contributed by atoms with van der Waals surface area (Å²) in [6.45, 7) is 0. The number of amides is 1. The van der Waals surface area contributed by atoms with Crippen LogP contribution in [0.3, 0.4) is 0 Å². The predicted octanol–water partition coefficient (Wildman–Crippen LogP) is 4.41. The molecule has 0 bridgehead atoms. The van der Waals surface area contributed by atoms with Gasteiger partial charge in [-0.2, -0.15) is 0 Å². The number of carbonyl (C=O) groups is 1. The average Bonchev–Trinajstić information content (AvgIpc) is 2.97. The highest BCUT2D eigenvalue weighted by atomic mass is 32.2. The predicted molar refractivity (Wildman–Crippen MR) is 104 cm³/mol. The van der Waals surface area contributed by atoms with Crippen LogP contribution in [0, 0.1) is 0 Å². The quantitative estimate of drug-likeness (QED) is 0.806. The number of carbonyl (C=O) groups excluding carboxylic acids is 1. The van der Waals surface area contributed by atoms with E-state index in [1.807, 2.05) is 31.4 Å². The Bertz CT molecular complexity index is 676. The maximum absolute atomic E-state index is 12.3. The standard InChI is InChI=1S/C20H27N3OS/c1-23-18(16-10-6-5-7-11-16)14-21-20(23)25-15-19(24)22-17-12-8-3-2-4-9-13-17/h5-7,10-11,14,17H,2-4,8-9,12-13,15H2,1H3,(H,22,24). The van der Waals surface area contributed by atoms with Crippen LogP contribution in [0.25, 0.3) is 11.3 Å². The van der Waals surface area contributed by atoms with Gasteiger partial charge in [-0.05, 0) is 18.4 Å². The molecule has 1 aromatic carbocycles. The van der Waals surface area contributed by atoms with Gasteiger partial charge in [-0.1, -0.05) is 74.2 Å². The van der Waals surface area contributed by atoms with E-state index in [0.717, 1.165) is 29.3 Å². The second kappa shape index (κ2) is 9.09. The largest absolute Gasteiger partial charge is 0.353 e. The molecule has 1 fully saturated rings. The Balaban J connectivity index is 1.53. The first-order valence-electron chi connectivity index (χ1n) is 9.23. The van der Waals surface area contributed by atoms with E-state index in [-0.39, 0.29) is 5.91 Å². The first kappa shape index (κ1) is 18.1. The Kier molecular flexibility index (Phi) is 6.56. The average molecular weight is 358 g/mol. The van der Waals surface area contributed by atoms with E-state index < -0.39 is 0 Å². The minimum atomic E-state index is 0.125. The monoisotopic (exact) mass is 357 g/mol. The summed E-state index contributed by atoms with van der Waals surface area (Å²) in [4.78, 5) is 16.8. The summed E-state index contributed by atoms with van der Waals surface area (Å²) in [6, 6.07) is 10.6. The van der Waals surface area contributed by atoms with Crippen molar-refractivity contribution in [3.63, 3.8) is 0 Å². The van der Waals surface area contributed by atoms with Crippen LogP contribution in [-0.4, -0.2) is 27.3 Å². The van der Waals surface area contributed by atoms with Crippen LogP contribution in [0.4, 0.5) is 0 Å². The molecule has 0 radical (unpaired) electrons. The lowest BCUT2D eigenvalue weighted by molar-refractivity contribution is -0.119. The van der Waals surface area contributed by atoms with Crippen molar-refractivity contribution in [3.05, 3.63) is 36.5 Å². The topological polar surface area (TPSA) is 46.9 Å². The highest BCUT2D eigenvalue weighted by Gasteiger charge is 2.15. The summed E-state index contributed by atoms with van der Waals surface area (Å²) < 4.78 is 2.06. The molecule has 1 N–H and O–H groups in total. The van der Waals surface area contributed by atoms with Gasteiger partial charge in [0.05, 0.1) is 17.6 Å². The number of benzene rings is 1. The summed E-state index contributed by atoms with van der Waals surface area (Å²) in [5.41, 5.74) is 2.21. The minimum Gasteiger partial charge on any atom is -0.353 e. The molecule has 1 saturated carbocycles. The van der Waals surface area contributed by atoms with Crippen LogP contribution in [-0.2, 0) is 11.8 Å². The fraction of sp³-hybridized carbons (Fsp3) is 0.500. The molecule has 1 heterocycles. The molecule has 0 aliphatic heterocycles. The maximum atomic E-state index is 12.3. The molecule has 5 heteroatoms. The van der Waals surface area contributed by atoms with Gasteiger partial charge < -0.3 is 9.88 Å². The third-order valence-electron chi connectivity index (χ3n) is 4.82. The van der Waals surface area contributed by atoms with E-state index in [1.54, 1.807) is 0 Å². The van der Waals surface area contributed by atoms with Crippen molar-refractivity contribution in [1.29, 1.82) is 0 Å². The number of hydrogen-bond donors (Lipinski definition) is 1. The van der Waals surface area contributed by atoms with Gasteiger partial charge in [0.2, 0.25) is 5.91 Å². The van der Waals surface area contributed by atoms with Crippen molar-refractivity contribution < 1.29 is 4.79 Å². The van der Waals surface area contributed by atoms with Gasteiger partial charge >= 0.3 is 0 Å². The third kappa shape index (κ3) is 5.11. The molecule has 1 amide bonds. The fourth-order valence-electron chi connectivity index (χ4n) is 3.40. The van der Waals surface area contributed by atoms with Crippen molar-refractivity contribution in [2.24, 2.45) is 7.05 Å². The summed E-state index contributed by atoms with van der Waals surface area (Å²) >= 11 is 1.51. The fourth-order valence-corrected chi connectivity index (χ4v) is 4.17. The van der Waals surface area contributed by atoms with Crippen LogP contribution in [0.1, 0.15) is 44.9 Å². The van der Waals surface area contributed by atoms with E-state index >= 15 is 0 Å². The summed E-state index contributed by atoms with van der Waals surface area (Å²) in [5, 5.41) is 4.10. The minimum absolute atomic E-state index is 0.125. The number of thioether (sulfide) groups is 1. The maximum Gasteiger partial charge on any atom is 0.230 e. The number of nitrogens with one attached hydrogen (secondary N) is 1. The van der Waals surface area contributed by atoms with Crippen LogP contribution in [0.2, 0.25) is 0 Å². The molecule has 1 aliphatic rings. The first-order valence-corrected chi connectivity index (χ1v) is 10.2. The van der Waals surface area contributed by atoms with Crippen LogP contribution in [0.15, 0.2) is 41.7 Å². The van der Waals surface area contributed by atoms with E-state index in [4.69, 9.17) is 0 Å². The van der Waals surface area contributed by atoms with Gasteiger partial charge in [0.1, 0.15) is 0 Å². The molecule has 0 saturated heterocycles. The molecule has 4 nitrogen and oxygen atoms in total. The summed E-state index contributed by atoms with van der Waals surface area (Å²) in [5.74, 6) is 0.551. The number of imidazole rings is 1. The smallest absolute Gasteiger partial charge is 0.230 e.